The molecule has 1 heterocycles. The number of allylic oxidation sites excluding steroid dienone is 1. The van der Waals surface area contributed by atoms with Crippen LogP contribution in [0.15, 0.2) is 17.7 Å². The van der Waals surface area contributed by atoms with Gasteiger partial charge in [-0.05, 0) is 19.1 Å². The third kappa shape index (κ3) is 1.47. The fraction of sp³-hybridized carbons (Fsp3) is 0.222. The Morgan fingerprint density at radius 2 is 2.42 bits per heavy atom. The van der Waals surface area contributed by atoms with Gasteiger partial charge in [0.1, 0.15) is 0 Å². The van der Waals surface area contributed by atoms with Gasteiger partial charge in [0, 0.05) is 4.75 Å². The molecule has 2 rings (SSSR count). The van der Waals surface area contributed by atoms with Gasteiger partial charge in [0.15, 0.2) is 0 Å². The van der Waals surface area contributed by atoms with E-state index < -0.39 is 0 Å². The smallest absolute Gasteiger partial charge is 0.0809 e. The second-order valence-corrected chi connectivity index (χ2v) is 4.85. The molecule has 12 heavy (non-hydrogen) atoms. The molecule has 0 amide bonds. The molecule has 1 unspecified atom stereocenters. The van der Waals surface area contributed by atoms with E-state index >= 15 is 0 Å². The summed E-state index contributed by atoms with van der Waals surface area (Å²) in [5.41, 5.74) is 1.86. The van der Waals surface area contributed by atoms with Crippen LogP contribution in [0.5, 0.6) is 0 Å². The van der Waals surface area contributed by atoms with Crippen molar-refractivity contribution in [2.24, 2.45) is 0 Å². The van der Waals surface area contributed by atoms with Gasteiger partial charge in [0.25, 0.3) is 0 Å². The number of rotatable bonds is 0. The Labute approximate surface area is 80.6 Å². The van der Waals surface area contributed by atoms with E-state index in [2.05, 4.69) is 36.7 Å². The average Bonchev–Trinajstić information content (AvgIpc) is 2.31. The van der Waals surface area contributed by atoms with Gasteiger partial charge in [0.05, 0.1) is 15.4 Å². The van der Waals surface area contributed by atoms with Crippen molar-refractivity contribution in [2.75, 3.05) is 0 Å². The van der Waals surface area contributed by atoms with Crippen LogP contribution in [0.4, 0.5) is 0 Å². The Kier molecular flexibility index (Phi) is 1.85. The van der Waals surface area contributed by atoms with Crippen LogP contribution < -0.4 is 9.88 Å². The lowest BCUT2D eigenvalue weighted by molar-refractivity contribution is 1.08. The van der Waals surface area contributed by atoms with Crippen LogP contribution in [0.2, 0.25) is 0 Å². The van der Waals surface area contributed by atoms with Crippen LogP contribution in [0.1, 0.15) is 6.92 Å². The maximum atomic E-state index is 4.50. The fourth-order valence-corrected chi connectivity index (χ4v) is 2.28. The maximum absolute atomic E-state index is 4.50. The Balaban J connectivity index is 2.75. The summed E-state index contributed by atoms with van der Waals surface area (Å²) >= 11 is 6.16. The molecule has 1 atom stereocenters. The Bertz CT molecular complexity index is 426. The molecule has 0 fully saturated rings. The molecular formula is C9H9NS2. The Hall–Kier alpha value is -0.540. The van der Waals surface area contributed by atoms with Crippen molar-refractivity contribution in [3.8, 4) is 0 Å². The van der Waals surface area contributed by atoms with Crippen molar-refractivity contribution >= 4 is 36.1 Å². The number of nitrogens with zero attached hydrogens (tertiary/aromatic N) is 1. The number of hydrogen-bond donors (Lipinski definition) is 1. The highest BCUT2D eigenvalue weighted by Gasteiger charge is 2.11. The average molecular weight is 195 g/mol. The van der Waals surface area contributed by atoms with Crippen molar-refractivity contribution < 1.29 is 0 Å². The second-order valence-electron chi connectivity index (χ2n) is 3.00. The number of fused-ring (bicyclic) bond motifs is 1. The first-order valence-electron chi connectivity index (χ1n) is 3.72. The summed E-state index contributed by atoms with van der Waals surface area (Å²) in [6, 6.07) is 0. The quantitative estimate of drug-likeness (QED) is 0.609. The van der Waals surface area contributed by atoms with Crippen molar-refractivity contribution in [1.82, 2.24) is 4.98 Å². The van der Waals surface area contributed by atoms with Crippen LogP contribution in [0.3, 0.4) is 0 Å². The molecular weight excluding hydrogens is 186 g/mol. The van der Waals surface area contributed by atoms with Gasteiger partial charge in [0.2, 0.25) is 0 Å². The van der Waals surface area contributed by atoms with Gasteiger partial charge in [-0.15, -0.1) is 11.3 Å². The van der Waals surface area contributed by atoms with Crippen LogP contribution in [0, 0.1) is 0 Å². The predicted molar refractivity (Wildman–Crippen MR) is 56.8 cm³/mol. The van der Waals surface area contributed by atoms with Crippen molar-refractivity contribution in [3.05, 3.63) is 27.5 Å². The minimum absolute atomic E-state index is 0.145. The van der Waals surface area contributed by atoms with E-state index in [9.17, 15) is 0 Å². The number of thiazole rings is 1. The van der Waals surface area contributed by atoms with E-state index in [1.165, 1.54) is 4.53 Å². The Morgan fingerprint density at radius 3 is 3.25 bits per heavy atom. The number of hydrogen-bond acceptors (Lipinski definition) is 3. The standard InChI is InChI=1S/C9H9NS2/c1-9(11)4-2-3-7-8(5-9)12-6-10-7/h2-6,11H,1H3. The largest absolute Gasteiger partial charge is 0.245 e. The lowest BCUT2D eigenvalue weighted by Crippen LogP contribution is -2.23. The van der Waals surface area contributed by atoms with Gasteiger partial charge in [-0.1, -0.05) is 12.2 Å². The van der Waals surface area contributed by atoms with Crippen LogP contribution in [0.25, 0.3) is 12.2 Å². The lowest BCUT2D eigenvalue weighted by atomic mass is 10.1. The van der Waals surface area contributed by atoms with Gasteiger partial charge < -0.3 is 0 Å². The van der Waals surface area contributed by atoms with Crippen molar-refractivity contribution in [3.63, 3.8) is 0 Å². The second kappa shape index (κ2) is 2.75. The first-order chi connectivity index (χ1) is 5.67. The summed E-state index contributed by atoms with van der Waals surface area (Å²) in [6.07, 6.45) is 8.21. The van der Waals surface area contributed by atoms with Crippen molar-refractivity contribution in [1.29, 1.82) is 0 Å². The summed E-state index contributed by atoms with van der Waals surface area (Å²) in [5.74, 6) is 0. The van der Waals surface area contributed by atoms with Crippen LogP contribution in [-0.2, 0) is 0 Å². The van der Waals surface area contributed by atoms with E-state index in [4.69, 9.17) is 0 Å². The summed E-state index contributed by atoms with van der Waals surface area (Å²) in [7, 11) is 0. The number of thiol groups is 1. The van der Waals surface area contributed by atoms with Crippen LogP contribution in [-0.4, -0.2) is 9.73 Å². The molecule has 1 aliphatic rings. The minimum Gasteiger partial charge on any atom is -0.245 e. The highest BCUT2D eigenvalue weighted by Crippen LogP contribution is 2.17. The van der Waals surface area contributed by atoms with E-state index in [0.717, 1.165) is 5.35 Å². The number of aromatic nitrogens is 1. The molecule has 0 saturated heterocycles. The molecule has 0 aromatic carbocycles. The zero-order chi connectivity index (χ0) is 8.60. The first kappa shape index (κ1) is 8.08. The molecule has 0 saturated carbocycles. The van der Waals surface area contributed by atoms with Gasteiger partial charge in [-0.2, -0.15) is 12.6 Å². The molecule has 0 radical (unpaired) electrons. The highest BCUT2D eigenvalue weighted by atomic mass is 32.1. The Morgan fingerprint density at radius 1 is 1.58 bits per heavy atom. The molecule has 0 bridgehead atoms. The lowest BCUT2D eigenvalue weighted by Gasteiger charge is -2.10. The fourth-order valence-electron chi connectivity index (χ4n) is 1.14. The minimum atomic E-state index is -0.145. The molecule has 1 aromatic rings. The zero-order valence-electron chi connectivity index (χ0n) is 6.69. The topological polar surface area (TPSA) is 12.9 Å². The summed E-state index contributed by atoms with van der Waals surface area (Å²) in [6.45, 7) is 2.06. The third-order valence-corrected chi connectivity index (χ3v) is 2.80. The monoisotopic (exact) mass is 195 g/mol. The normalized spacial score (nSPS) is 26.8. The SMILES string of the molecule is CC1(S)C=CC=c2ncsc2=C1. The summed E-state index contributed by atoms with van der Waals surface area (Å²) in [5, 5.41) is 1.05. The molecule has 0 N–H and O–H groups in total. The van der Waals surface area contributed by atoms with E-state index in [0.29, 0.717) is 0 Å². The molecule has 0 aliphatic heterocycles. The first-order valence-corrected chi connectivity index (χ1v) is 5.04. The van der Waals surface area contributed by atoms with E-state index in [-0.39, 0.29) is 4.75 Å². The van der Waals surface area contributed by atoms with E-state index in [1.807, 2.05) is 17.7 Å². The molecule has 1 nitrogen and oxygen atoms in total. The molecule has 1 aromatic heterocycles. The zero-order valence-corrected chi connectivity index (χ0v) is 8.40. The van der Waals surface area contributed by atoms with Gasteiger partial charge in [-0.25, -0.2) is 4.98 Å². The molecule has 62 valence electrons. The van der Waals surface area contributed by atoms with Gasteiger partial charge >= 0.3 is 0 Å². The molecule has 0 spiro atoms. The highest BCUT2D eigenvalue weighted by molar-refractivity contribution is 7.82. The van der Waals surface area contributed by atoms with Gasteiger partial charge in [-0.3, -0.25) is 0 Å². The maximum Gasteiger partial charge on any atom is 0.0809 e. The van der Waals surface area contributed by atoms with E-state index in [1.54, 1.807) is 11.3 Å². The van der Waals surface area contributed by atoms with Crippen LogP contribution >= 0.6 is 24.0 Å². The molecule has 1 aliphatic carbocycles. The summed E-state index contributed by atoms with van der Waals surface area (Å²) in [4.78, 5) is 4.23. The molecule has 3 heteroatoms. The van der Waals surface area contributed by atoms with Crippen molar-refractivity contribution in [2.45, 2.75) is 11.7 Å². The third-order valence-electron chi connectivity index (χ3n) is 1.73. The summed E-state index contributed by atoms with van der Waals surface area (Å²) < 4.78 is 1.06. The predicted octanol–water partition coefficient (Wildman–Crippen LogP) is 0.962.